The Balaban J connectivity index is 1.53. The molecule has 1 amide bonds. The molecular formula is C18H20FN3O2. The number of halogens is 1. The van der Waals surface area contributed by atoms with Gasteiger partial charge in [0.2, 0.25) is 11.8 Å². The van der Waals surface area contributed by atoms with Crippen molar-refractivity contribution in [2.45, 2.75) is 38.0 Å². The van der Waals surface area contributed by atoms with Crippen molar-refractivity contribution < 1.29 is 13.7 Å². The minimum Gasteiger partial charge on any atom is -0.341 e. The van der Waals surface area contributed by atoms with Crippen molar-refractivity contribution in [1.82, 2.24) is 15.0 Å². The number of aryl methyl sites for hydroxylation is 1. The molecule has 1 aliphatic heterocycles. The number of carbonyl (C=O) groups excluding carboxylic acids is 1. The molecule has 1 saturated heterocycles. The van der Waals surface area contributed by atoms with Crippen molar-refractivity contribution >= 4 is 5.91 Å². The smallest absolute Gasteiger partial charge is 0.227 e. The van der Waals surface area contributed by atoms with Crippen LogP contribution in [0.25, 0.3) is 0 Å². The minimum absolute atomic E-state index is 0.0367. The summed E-state index contributed by atoms with van der Waals surface area (Å²) < 4.78 is 18.5. The number of amides is 1. The Labute approximate surface area is 139 Å². The predicted octanol–water partition coefficient (Wildman–Crippen LogP) is 2.64. The van der Waals surface area contributed by atoms with Crippen molar-refractivity contribution in [2.75, 3.05) is 13.1 Å². The van der Waals surface area contributed by atoms with Crippen molar-refractivity contribution in [3.63, 3.8) is 0 Å². The van der Waals surface area contributed by atoms with Crippen LogP contribution in [-0.4, -0.2) is 34.0 Å². The number of aromatic nitrogens is 2. The molecule has 1 saturated carbocycles. The Morgan fingerprint density at radius 2 is 2.38 bits per heavy atom. The molecule has 1 aromatic heterocycles. The van der Waals surface area contributed by atoms with Crippen LogP contribution in [-0.2, 0) is 16.6 Å². The summed E-state index contributed by atoms with van der Waals surface area (Å²) >= 11 is 0. The fourth-order valence-corrected chi connectivity index (χ4v) is 4.28. The number of hydrogen-bond donors (Lipinski definition) is 0. The van der Waals surface area contributed by atoms with Crippen LogP contribution in [0.1, 0.15) is 36.5 Å². The van der Waals surface area contributed by atoms with Crippen LogP contribution in [0.3, 0.4) is 0 Å². The molecule has 5 nitrogen and oxygen atoms in total. The molecule has 2 aromatic rings. The summed E-state index contributed by atoms with van der Waals surface area (Å²) in [6, 6.07) is 6.24. The molecule has 2 heterocycles. The van der Waals surface area contributed by atoms with E-state index >= 15 is 0 Å². The summed E-state index contributed by atoms with van der Waals surface area (Å²) in [4.78, 5) is 19.0. The van der Waals surface area contributed by atoms with Crippen LogP contribution < -0.4 is 0 Å². The highest BCUT2D eigenvalue weighted by Gasteiger charge is 2.54. The van der Waals surface area contributed by atoms with Crippen molar-refractivity contribution in [2.24, 2.45) is 5.92 Å². The summed E-state index contributed by atoms with van der Waals surface area (Å²) in [7, 11) is 0. The van der Waals surface area contributed by atoms with Gasteiger partial charge in [-0.2, -0.15) is 4.98 Å². The second-order valence-corrected chi connectivity index (χ2v) is 6.96. The van der Waals surface area contributed by atoms with Gasteiger partial charge in [0.25, 0.3) is 0 Å². The lowest BCUT2D eigenvalue weighted by atomic mass is 9.80. The Bertz CT molecular complexity index is 775. The first-order valence-electron chi connectivity index (χ1n) is 8.40. The van der Waals surface area contributed by atoms with E-state index in [1.54, 1.807) is 19.1 Å². The van der Waals surface area contributed by atoms with Crippen LogP contribution in [0.15, 0.2) is 28.8 Å². The minimum atomic E-state index is -0.308. The fraction of sp³-hybridized carbons (Fsp3) is 0.500. The van der Waals surface area contributed by atoms with Crippen LogP contribution in [0.4, 0.5) is 4.39 Å². The molecule has 126 valence electrons. The Kier molecular flexibility index (Phi) is 3.62. The van der Waals surface area contributed by atoms with E-state index < -0.39 is 0 Å². The molecule has 24 heavy (non-hydrogen) atoms. The molecule has 1 aliphatic carbocycles. The lowest BCUT2D eigenvalue weighted by molar-refractivity contribution is -0.129. The zero-order chi connectivity index (χ0) is 16.7. The summed E-state index contributed by atoms with van der Waals surface area (Å²) in [5.41, 5.74) is 0.538. The maximum Gasteiger partial charge on any atom is 0.227 e. The van der Waals surface area contributed by atoms with Gasteiger partial charge in [-0.15, -0.1) is 0 Å². The van der Waals surface area contributed by atoms with E-state index in [0.717, 1.165) is 31.6 Å². The molecule has 4 rings (SSSR count). The quantitative estimate of drug-likeness (QED) is 0.868. The number of rotatable bonds is 3. The van der Waals surface area contributed by atoms with Gasteiger partial charge in [-0.1, -0.05) is 23.7 Å². The summed E-state index contributed by atoms with van der Waals surface area (Å²) in [6.45, 7) is 3.14. The molecular weight excluding hydrogens is 309 g/mol. The highest BCUT2D eigenvalue weighted by atomic mass is 19.1. The van der Waals surface area contributed by atoms with Crippen LogP contribution in [0, 0.1) is 18.7 Å². The first-order valence-corrected chi connectivity index (χ1v) is 8.40. The van der Waals surface area contributed by atoms with Gasteiger partial charge in [0.05, 0.1) is 11.8 Å². The zero-order valence-electron chi connectivity index (χ0n) is 13.7. The van der Waals surface area contributed by atoms with E-state index in [0.29, 0.717) is 23.9 Å². The predicted molar refractivity (Wildman–Crippen MR) is 84.7 cm³/mol. The maximum absolute atomic E-state index is 13.3. The van der Waals surface area contributed by atoms with Gasteiger partial charge in [-0.3, -0.25) is 4.79 Å². The lowest BCUT2D eigenvalue weighted by Crippen LogP contribution is -2.36. The van der Waals surface area contributed by atoms with E-state index in [2.05, 4.69) is 10.1 Å². The first kappa shape index (κ1) is 15.3. The Morgan fingerprint density at radius 3 is 3.12 bits per heavy atom. The molecule has 2 fully saturated rings. The van der Waals surface area contributed by atoms with E-state index in [4.69, 9.17) is 4.52 Å². The highest BCUT2D eigenvalue weighted by Crippen LogP contribution is 2.49. The van der Waals surface area contributed by atoms with E-state index in [1.165, 1.54) is 12.1 Å². The third-order valence-corrected chi connectivity index (χ3v) is 5.44. The summed E-state index contributed by atoms with van der Waals surface area (Å²) in [6.07, 6.45) is 3.42. The van der Waals surface area contributed by atoms with Crippen molar-refractivity contribution in [3.05, 3.63) is 47.4 Å². The van der Waals surface area contributed by atoms with Crippen LogP contribution in [0.5, 0.6) is 0 Å². The van der Waals surface area contributed by atoms with Gasteiger partial charge < -0.3 is 9.42 Å². The number of nitrogens with zero attached hydrogens (tertiary/aromatic N) is 3. The van der Waals surface area contributed by atoms with Crippen molar-refractivity contribution in [3.8, 4) is 0 Å². The van der Waals surface area contributed by atoms with Gasteiger partial charge >= 0.3 is 0 Å². The monoisotopic (exact) mass is 329 g/mol. The van der Waals surface area contributed by atoms with Gasteiger partial charge in [-0.25, -0.2) is 4.39 Å². The SMILES string of the molecule is Cc1nc([C@@]23CCC[C@@H]2CN(C(=O)Cc2cccc(F)c2)C3)no1. The van der Waals surface area contributed by atoms with Gasteiger partial charge in [0.1, 0.15) is 5.82 Å². The number of benzene rings is 1. The molecule has 0 radical (unpaired) electrons. The lowest BCUT2D eigenvalue weighted by Gasteiger charge is -2.24. The average molecular weight is 329 g/mol. The number of carbonyl (C=O) groups is 1. The molecule has 1 aromatic carbocycles. The number of fused-ring (bicyclic) bond motifs is 1. The number of likely N-dealkylation sites (tertiary alicyclic amines) is 1. The second kappa shape index (κ2) is 5.69. The van der Waals surface area contributed by atoms with Crippen LogP contribution in [0.2, 0.25) is 0 Å². The molecule has 0 N–H and O–H groups in total. The summed E-state index contributed by atoms with van der Waals surface area (Å²) in [5, 5.41) is 4.15. The van der Waals surface area contributed by atoms with Crippen molar-refractivity contribution in [1.29, 1.82) is 0 Å². The Hall–Kier alpha value is -2.24. The summed E-state index contributed by atoms with van der Waals surface area (Å²) in [5.74, 6) is 1.41. The maximum atomic E-state index is 13.3. The molecule has 2 atom stereocenters. The third kappa shape index (κ3) is 2.50. The normalized spacial score (nSPS) is 25.9. The molecule has 2 aliphatic rings. The second-order valence-electron chi connectivity index (χ2n) is 6.96. The molecule has 6 heteroatoms. The zero-order valence-corrected chi connectivity index (χ0v) is 13.7. The van der Waals surface area contributed by atoms with Gasteiger partial charge in [-0.05, 0) is 36.5 Å². The third-order valence-electron chi connectivity index (χ3n) is 5.44. The molecule has 0 spiro atoms. The topological polar surface area (TPSA) is 59.2 Å². The largest absolute Gasteiger partial charge is 0.341 e. The average Bonchev–Trinajstić information content (AvgIpc) is 3.20. The van der Waals surface area contributed by atoms with E-state index in [9.17, 15) is 9.18 Å². The van der Waals surface area contributed by atoms with Gasteiger partial charge in [0, 0.05) is 20.0 Å². The number of hydrogen-bond acceptors (Lipinski definition) is 4. The van der Waals surface area contributed by atoms with Gasteiger partial charge in [0.15, 0.2) is 5.82 Å². The standard InChI is InChI=1S/C18H20FN3O2/c1-12-20-17(21-24-12)18-7-3-5-14(18)10-22(11-18)16(23)9-13-4-2-6-15(19)8-13/h2,4,6,8,14H,3,5,7,9-11H2,1H3/t14-,18-/m1/s1. The first-order chi connectivity index (χ1) is 11.6. The fourth-order valence-electron chi connectivity index (χ4n) is 4.28. The van der Waals surface area contributed by atoms with E-state index in [-0.39, 0.29) is 23.6 Å². The Morgan fingerprint density at radius 1 is 1.50 bits per heavy atom. The van der Waals surface area contributed by atoms with Crippen LogP contribution >= 0.6 is 0 Å². The van der Waals surface area contributed by atoms with E-state index in [1.807, 2.05) is 4.90 Å². The molecule has 0 bridgehead atoms. The highest BCUT2D eigenvalue weighted by molar-refractivity contribution is 5.79. The molecule has 0 unspecified atom stereocenters.